The fourth-order valence-corrected chi connectivity index (χ4v) is 2.60. The molecule has 1 aliphatic rings. The average molecular weight is 266 g/mol. The Hall–Kier alpha value is -1.26. The lowest BCUT2D eigenvalue weighted by Gasteiger charge is -2.25. The van der Waals surface area contributed by atoms with Crippen LogP contribution < -0.4 is 9.47 Å². The van der Waals surface area contributed by atoms with E-state index in [0.29, 0.717) is 17.4 Å². The molecule has 2 rings (SSSR count). The smallest absolute Gasteiger partial charge is 0.166 e. The Labute approximate surface area is 114 Å². The van der Waals surface area contributed by atoms with E-state index in [1.54, 1.807) is 14.2 Å². The zero-order chi connectivity index (χ0) is 13.7. The van der Waals surface area contributed by atoms with E-state index in [9.17, 15) is 5.11 Å². The van der Waals surface area contributed by atoms with Crippen LogP contribution in [0.15, 0.2) is 18.2 Å². The van der Waals surface area contributed by atoms with E-state index >= 15 is 0 Å². The zero-order valence-corrected chi connectivity index (χ0v) is 11.6. The van der Waals surface area contributed by atoms with Crippen molar-refractivity contribution in [3.05, 3.63) is 23.8 Å². The van der Waals surface area contributed by atoms with Gasteiger partial charge in [-0.25, -0.2) is 0 Å². The van der Waals surface area contributed by atoms with E-state index < -0.39 is 6.10 Å². The van der Waals surface area contributed by atoms with Gasteiger partial charge in [-0.2, -0.15) is 0 Å². The quantitative estimate of drug-likeness (QED) is 0.889. The molecule has 4 heteroatoms. The summed E-state index contributed by atoms with van der Waals surface area (Å²) in [7, 11) is 3.20. The van der Waals surface area contributed by atoms with Crippen LogP contribution in [0.25, 0.3) is 0 Å². The van der Waals surface area contributed by atoms with Gasteiger partial charge in [-0.15, -0.1) is 0 Å². The third-order valence-electron chi connectivity index (χ3n) is 3.69. The van der Waals surface area contributed by atoms with Gasteiger partial charge in [0.1, 0.15) is 0 Å². The average Bonchev–Trinajstić information content (AvgIpc) is 2.47. The van der Waals surface area contributed by atoms with Crippen molar-refractivity contribution in [3.8, 4) is 11.5 Å². The maximum Gasteiger partial charge on any atom is 0.166 e. The van der Waals surface area contributed by atoms with Crippen molar-refractivity contribution < 1.29 is 19.3 Å². The lowest BCUT2D eigenvalue weighted by atomic mass is 9.90. The van der Waals surface area contributed by atoms with E-state index in [1.807, 2.05) is 18.2 Å². The molecular formula is C15H22O4. The highest BCUT2D eigenvalue weighted by Crippen LogP contribution is 2.37. The third kappa shape index (κ3) is 3.39. The second-order valence-corrected chi connectivity index (χ2v) is 4.89. The Kier molecular flexibility index (Phi) is 5.05. The van der Waals surface area contributed by atoms with Crippen LogP contribution in [0.1, 0.15) is 30.9 Å². The number of methoxy groups -OCH3 is 2. The maximum absolute atomic E-state index is 10.4. The first-order valence-electron chi connectivity index (χ1n) is 6.73. The molecule has 0 bridgehead atoms. The van der Waals surface area contributed by atoms with Crippen molar-refractivity contribution in [1.82, 2.24) is 0 Å². The first-order valence-corrected chi connectivity index (χ1v) is 6.73. The topological polar surface area (TPSA) is 47.9 Å². The van der Waals surface area contributed by atoms with Crippen LogP contribution in [-0.2, 0) is 4.74 Å². The van der Waals surface area contributed by atoms with Gasteiger partial charge in [-0.05, 0) is 31.2 Å². The summed E-state index contributed by atoms with van der Waals surface area (Å²) in [5.74, 6) is 1.80. The lowest BCUT2D eigenvalue weighted by molar-refractivity contribution is 0.0430. The molecule has 1 saturated heterocycles. The predicted molar refractivity (Wildman–Crippen MR) is 72.7 cm³/mol. The highest BCUT2D eigenvalue weighted by molar-refractivity contribution is 5.47. The Morgan fingerprint density at radius 1 is 1.26 bits per heavy atom. The van der Waals surface area contributed by atoms with Crippen LogP contribution in [-0.4, -0.2) is 32.5 Å². The monoisotopic (exact) mass is 266 g/mol. The molecular weight excluding hydrogens is 244 g/mol. The second-order valence-electron chi connectivity index (χ2n) is 4.89. The molecule has 0 saturated carbocycles. The number of hydrogen-bond donors (Lipinski definition) is 1. The number of para-hydroxylation sites is 1. The van der Waals surface area contributed by atoms with Crippen molar-refractivity contribution in [1.29, 1.82) is 0 Å². The van der Waals surface area contributed by atoms with Crippen molar-refractivity contribution in [3.63, 3.8) is 0 Å². The summed E-state index contributed by atoms with van der Waals surface area (Å²) >= 11 is 0. The summed E-state index contributed by atoms with van der Waals surface area (Å²) < 4.78 is 16.0. The van der Waals surface area contributed by atoms with Crippen LogP contribution in [0.4, 0.5) is 0 Å². The molecule has 1 aromatic rings. The van der Waals surface area contributed by atoms with Crippen LogP contribution in [0, 0.1) is 5.92 Å². The van der Waals surface area contributed by atoms with E-state index in [-0.39, 0.29) is 0 Å². The summed E-state index contributed by atoms with van der Waals surface area (Å²) in [4.78, 5) is 0. The van der Waals surface area contributed by atoms with Crippen LogP contribution >= 0.6 is 0 Å². The lowest BCUT2D eigenvalue weighted by Crippen LogP contribution is -2.18. The maximum atomic E-state index is 10.4. The zero-order valence-electron chi connectivity index (χ0n) is 11.6. The molecule has 0 amide bonds. The number of rotatable bonds is 5. The van der Waals surface area contributed by atoms with Crippen molar-refractivity contribution >= 4 is 0 Å². The van der Waals surface area contributed by atoms with Gasteiger partial charge in [0.2, 0.25) is 0 Å². The van der Waals surface area contributed by atoms with E-state index in [4.69, 9.17) is 14.2 Å². The van der Waals surface area contributed by atoms with E-state index in [0.717, 1.165) is 38.0 Å². The fourth-order valence-electron chi connectivity index (χ4n) is 2.60. The molecule has 4 nitrogen and oxygen atoms in total. The van der Waals surface area contributed by atoms with Gasteiger partial charge < -0.3 is 19.3 Å². The van der Waals surface area contributed by atoms with Crippen LogP contribution in [0.5, 0.6) is 11.5 Å². The van der Waals surface area contributed by atoms with Gasteiger partial charge in [-0.3, -0.25) is 0 Å². The molecule has 1 aliphatic heterocycles. The molecule has 0 aromatic heterocycles. The molecule has 1 heterocycles. The summed E-state index contributed by atoms with van der Waals surface area (Å²) in [5.41, 5.74) is 0.799. The molecule has 0 spiro atoms. The van der Waals surface area contributed by atoms with Crippen LogP contribution in [0.3, 0.4) is 0 Å². The predicted octanol–water partition coefficient (Wildman–Crippen LogP) is 2.55. The van der Waals surface area contributed by atoms with E-state index in [2.05, 4.69) is 0 Å². The van der Waals surface area contributed by atoms with E-state index in [1.165, 1.54) is 0 Å². The second kappa shape index (κ2) is 6.78. The third-order valence-corrected chi connectivity index (χ3v) is 3.69. The molecule has 1 aromatic carbocycles. The van der Waals surface area contributed by atoms with Gasteiger partial charge >= 0.3 is 0 Å². The molecule has 0 radical (unpaired) electrons. The molecule has 19 heavy (non-hydrogen) atoms. The Bertz CT molecular complexity index is 399. The Morgan fingerprint density at radius 3 is 2.63 bits per heavy atom. The Morgan fingerprint density at radius 2 is 2.00 bits per heavy atom. The number of ether oxygens (including phenoxy) is 3. The standard InChI is InChI=1S/C15H22O4/c1-17-14-5-3-4-12(15(14)18-2)13(16)10-11-6-8-19-9-7-11/h3-5,11,13,16H,6-10H2,1-2H3. The minimum Gasteiger partial charge on any atom is -0.493 e. The van der Waals surface area contributed by atoms with Crippen LogP contribution in [0.2, 0.25) is 0 Å². The SMILES string of the molecule is COc1cccc(C(O)CC2CCOCC2)c1OC. The first kappa shape index (κ1) is 14.2. The molecule has 0 aliphatic carbocycles. The first-order chi connectivity index (χ1) is 9.26. The van der Waals surface area contributed by atoms with Crippen molar-refractivity contribution in [2.24, 2.45) is 5.92 Å². The van der Waals surface area contributed by atoms with Gasteiger partial charge in [0.25, 0.3) is 0 Å². The largest absolute Gasteiger partial charge is 0.493 e. The molecule has 1 atom stereocenters. The van der Waals surface area contributed by atoms with Crippen molar-refractivity contribution in [2.75, 3.05) is 27.4 Å². The van der Waals surface area contributed by atoms with Crippen molar-refractivity contribution in [2.45, 2.75) is 25.4 Å². The number of hydrogen-bond acceptors (Lipinski definition) is 4. The number of aliphatic hydroxyl groups is 1. The minimum atomic E-state index is -0.520. The summed E-state index contributed by atoms with van der Waals surface area (Å²) in [6, 6.07) is 5.61. The summed E-state index contributed by atoms with van der Waals surface area (Å²) in [5, 5.41) is 10.4. The number of aliphatic hydroxyl groups excluding tert-OH is 1. The minimum absolute atomic E-state index is 0.514. The summed E-state index contributed by atoms with van der Waals surface area (Å²) in [6.07, 6.45) is 2.26. The highest BCUT2D eigenvalue weighted by atomic mass is 16.5. The molecule has 1 N–H and O–H groups in total. The molecule has 106 valence electrons. The highest BCUT2D eigenvalue weighted by Gasteiger charge is 2.22. The molecule has 1 fully saturated rings. The fraction of sp³-hybridized carbons (Fsp3) is 0.600. The summed E-state index contributed by atoms with van der Waals surface area (Å²) in [6.45, 7) is 1.60. The molecule has 1 unspecified atom stereocenters. The van der Waals surface area contributed by atoms with Gasteiger partial charge in [0.15, 0.2) is 11.5 Å². The van der Waals surface area contributed by atoms with Gasteiger partial charge in [-0.1, -0.05) is 12.1 Å². The van der Waals surface area contributed by atoms with Gasteiger partial charge in [0, 0.05) is 18.8 Å². The van der Waals surface area contributed by atoms with Gasteiger partial charge in [0.05, 0.1) is 20.3 Å². The number of benzene rings is 1. The normalized spacial score (nSPS) is 18.1. The Balaban J connectivity index is 2.11.